The van der Waals surface area contributed by atoms with E-state index in [0.29, 0.717) is 5.92 Å². The Labute approximate surface area is 108 Å². The summed E-state index contributed by atoms with van der Waals surface area (Å²) in [5.41, 5.74) is 4.67. The topological polar surface area (TPSA) is 40.5 Å². The van der Waals surface area contributed by atoms with Gasteiger partial charge in [-0.25, -0.2) is 0 Å². The van der Waals surface area contributed by atoms with Crippen LogP contribution in [0.5, 0.6) is 11.5 Å². The first kappa shape index (κ1) is 12.5. The number of allylic oxidation sites excluding steroid dienone is 5. The molecular formula is C16H18O2. The van der Waals surface area contributed by atoms with Crippen molar-refractivity contribution in [2.45, 2.75) is 20.8 Å². The Morgan fingerprint density at radius 1 is 1.11 bits per heavy atom. The van der Waals surface area contributed by atoms with Gasteiger partial charge in [-0.15, -0.1) is 0 Å². The first-order chi connectivity index (χ1) is 8.47. The molecule has 1 unspecified atom stereocenters. The quantitative estimate of drug-likeness (QED) is 0.730. The van der Waals surface area contributed by atoms with E-state index < -0.39 is 0 Å². The van der Waals surface area contributed by atoms with Crippen LogP contribution in [-0.2, 0) is 0 Å². The molecule has 0 bridgehead atoms. The van der Waals surface area contributed by atoms with Crippen molar-refractivity contribution in [2.24, 2.45) is 5.92 Å². The van der Waals surface area contributed by atoms with Gasteiger partial charge < -0.3 is 10.2 Å². The molecule has 0 heterocycles. The summed E-state index contributed by atoms with van der Waals surface area (Å²) >= 11 is 0. The molecule has 1 aromatic carbocycles. The van der Waals surface area contributed by atoms with Gasteiger partial charge in [0, 0.05) is 0 Å². The second-order valence-corrected chi connectivity index (χ2v) is 4.87. The summed E-state index contributed by atoms with van der Waals surface area (Å²) in [5, 5.41) is 18.8. The number of rotatable bonds is 1. The monoisotopic (exact) mass is 242 g/mol. The third kappa shape index (κ3) is 2.48. The molecule has 0 saturated carbocycles. The van der Waals surface area contributed by atoms with Crippen molar-refractivity contribution in [3.63, 3.8) is 0 Å². The van der Waals surface area contributed by atoms with Crippen molar-refractivity contribution >= 4 is 6.08 Å². The number of benzene rings is 1. The van der Waals surface area contributed by atoms with Crippen molar-refractivity contribution in [3.8, 4) is 11.5 Å². The van der Waals surface area contributed by atoms with E-state index in [2.05, 4.69) is 39.0 Å². The van der Waals surface area contributed by atoms with Gasteiger partial charge in [-0.2, -0.15) is 0 Å². The van der Waals surface area contributed by atoms with E-state index in [1.807, 2.05) is 0 Å². The predicted octanol–water partition coefficient (Wildman–Crippen LogP) is 4.02. The van der Waals surface area contributed by atoms with Crippen LogP contribution >= 0.6 is 0 Å². The summed E-state index contributed by atoms with van der Waals surface area (Å²) in [6.07, 6.45) is 6.43. The van der Waals surface area contributed by atoms with Crippen LogP contribution in [0.3, 0.4) is 0 Å². The fourth-order valence-electron chi connectivity index (χ4n) is 2.37. The lowest BCUT2D eigenvalue weighted by Gasteiger charge is -2.19. The Balaban J connectivity index is 2.39. The van der Waals surface area contributed by atoms with Crippen LogP contribution < -0.4 is 0 Å². The number of hydrogen-bond acceptors (Lipinski definition) is 2. The van der Waals surface area contributed by atoms with Crippen LogP contribution in [0.15, 0.2) is 47.1 Å². The molecule has 0 spiro atoms. The summed E-state index contributed by atoms with van der Waals surface area (Å²) in [4.78, 5) is 0. The second kappa shape index (κ2) is 4.73. The number of aromatic hydroxyl groups is 2. The molecule has 0 saturated heterocycles. The molecule has 2 heteroatoms. The minimum absolute atomic E-state index is 0.0823. The van der Waals surface area contributed by atoms with Gasteiger partial charge in [0.2, 0.25) is 0 Å². The molecular weight excluding hydrogens is 224 g/mol. The van der Waals surface area contributed by atoms with Crippen molar-refractivity contribution in [3.05, 3.63) is 52.6 Å². The minimum Gasteiger partial charge on any atom is -0.504 e. The average Bonchev–Trinajstić information content (AvgIpc) is 2.28. The lowest BCUT2D eigenvalue weighted by Crippen LogP contribution is -2.03. The molecule has 0 aliphatic heterocycles. The van der Waals surface area contributed by atoms with Gasteiger partial charge in [0.25, 0.3) is 0 Å². The first-order valence-corrected chi connectivity index (χ1v) is 6.08. The van der Waals surface area contributed by atoms with Gasteiger partial charge in [-0.05, 0) is 48.6 Å². The second-order valence-electron chi connectivity index (χ2n) is 4.87. The van der Waals surface area contributed by atoms with Gasteiger partial charge in [0.1, 0.15) is 0 Å². The Bertz CT molecular complexity index is 562. The van der Waals surface area contributed by atoms with E-state index in [-0.39, 0.29) is 11.5 Å². The van der Waals surface area contributed by atoms with Crippen LogP contribution in [0.4, 0.5) is 0 Å². The highest BCUT2D eigenvalue weighted by Crippen LogP contribution is 2.32. The SMILES string of the molecule is CC1=CC(C)C(=Cc2ccc(O)c(O)c2)C(C)=C1. The van der Waals surface area contributed by atoms with Gasteiger partial charge in [-0.1, -0.05) is 36.8 Å². The minimum atomic E-state index is -0.0863. The van der Waals surface area contributed by atoms with Crippen LogP contribution in [0.25, 0.3) is 6.08 Å². The van der Waals surface area contributed by atoms with Crippen LogP contribution in [-0.4, -0.2) is 10.2 Å². The summed E-state index contributed by atoms with van der Waals surface area (Å²) in [6, 6.07) is 4.89. The molecule has 2 N–H and O–H groups in total. The summed E-state index contributed by atoms with van der Waals surface area (Å²) in [5.74, 6) is 0.198. The normalized spacial score (nSPS) is 21.7. The van der Waals surface area contributed by atoms with Crippen molar-refractivity contribution in [1.29, 1.82) is 0 Å². The van der Waals surface area contributed by atoms with Gasteiger partial charge in [0.15, 0.2) is 11.5 Å². The van der Waals surface area contributed by atoms with Gasteiger partial charge in [0.05, 0.1) is 0 Å². The molecule has 94 valence electrons. The van der Waals surface area contributed by atoms with Crippen LogP contribution in [0.1, 0.15) is 26.3 Å². The Hall–Kier alpha value is -1.96. The van der Waals surface area contributed by atoms with Crippen LogP contribution in [0, 0.1) is 5.92 Å². The summed E-state index contributed by atoms with van der Waals surface area (Å²) < 4.78 is 0. The van der Waals surface area contributed by atoms with E-state index in [0.717, 1.165) is 5.56 Å². The molecule has 2 rings (SSSR count). The third-order valence-corrected chi connectivity index (χ3v) is 3.22. The van der Waals surface area contributed by atoms with E-state index in [1.165, 1.54) is 22.8 Å². The number of phenolic OH excluding ortho intramolecular Hbond substituents is 2. The highest BCUT2D eigenvalue weighted by Gasteiger charge is 2.13. The highest BCUT2D eigenvalue weighted by molar-refractivity contribution is 5.63. The molecule has 0 aromatic heterocycles. The number of phenols is 2. The van der Waals surface area contributed by atoms with E-state index in [9.17, 15) is 10.2 Å². The zero-order valence-electron chi connectivity index (χ0n) is 10.9. The lowest BCUT2D eigenvalue weighted by atomic mass is 9.86. The maximum Gasteiger partial charge on any atom is 0.157 e. The molecule has 0 amide bonds. The van der Waals surface area contributed by atoms with Crippen molar-refractivity contribution < 1.29 is 10.2 Å². The molecule has 1 aliphatic carbocycles. The third-order valence-electron chi connectivity index (χ3n) is 3.22. The largest absolute Gasteiger partial charge is 0.504 e. The molecule has 1 aromatic rings. The molecule has 0 radical (unpaired) electrons. The highest BCUT2D eigenvalue weighted by atomic mass is 16.3. The Morgan fingerprint density at radius 2 is 1.83 bits per heavy atom. The van der Waals surface area contributed by atoms with E-state index in [4.69, 9.17) is 0 Å². The molecule has 18 heavy (non-hydrogen) atoms. The molecule has 0 fully saturated rings. The van der Waals surface area contributed by atoms with Crippen molar-refractivity contribution in [2.75, 3.05) is 0 Å². The van der Waals surface area contributed by atoms with Gasteiger partial charge in [-0.3, -0.25) is 0 Å². The Kier molecular flexibility index (Phi) is 3.28. The predicted molar refractivity (Wildman–Crippen MR) is 74.4 cm³/mol. The molecule has 1 aliphatic rings. The zero-order chi connectivity index (χ0) is 13.3. The maximum atomic E-state index is 9.50. The van der Waals surface area contributed by atoms with E-state index in [1.54, 1.807) is 12.1 Å². The smallest absolute Gasteiger partial charge is 0.157 e. The summed E-state index contributed by atoms with van der Waals surface area (Å²) in [6.45, 7) is 6.36. The summed E-state index contributed by atoms with van der Waals surface area (Å²) in [7, 11) is 0. The molecule has 1 atom stereocenters. The maximum absolute atomic E-state index is 9.50. The standard InChI is InChI=1S/C16H18O2/c1-10-6-11(2)14(12(3)7-10)8-13-4-5-15(17)16(18)9-13/h4-9,11,17-18H,1-3H3. The van der Waals surface area contributed by atoms with Crippen LogP contribution in [0.2, 0.25) is 0 Å². The van der Waals surface area contributed by atoms with Gasteiger partial charge >= 0.3 is 0 Å². The average molecular weight is 242 g/mol. The zero-order valence-corrected chi connectivity index (χ0v) is 10.9. The molecule has 2 nitrogen and oxygen atoms in total. The fraction of sp³-hybridized carbons (Fsp3) is 0.250. The number of hydrogen-bond donors (Lipinski definition) is 2. The van der Waals surface area contributed by atoms with Crippen molar-refractivity contribution in [1.82, 2.24) is 0 Å². The first-order valence-electron chi connectivity index (χ1n) is 6.08. The van der Waals surface area contributed by atoms with E-state index >= 15 is 0 Å². The fourth-order valence-corrected chi connectivity index (χ4v) is 2.37. The Morgan fingerprint density at radius 3 is 2.44 bits per heavy atom. The lowest BCUT2D eigenvalue weighted by molar-refractivity contribution is 0.403.